The van der Waals surface area contributed by atoms with E-state index in [4.69, 9.17) is 0 Å². The molecule has 30 heavy (non-hydrogen) atoms. The van der Waals surface area contributed by atoms with E-state index in [9.17, 15) is 9.59 Å². The quantitative estimate of drug-likeness (QED) is 0.627. The van der Waals surface area contributed by atoms with E-state index in [1.807, 2.05) is 39.0 Å². The fraction of sp³-hybridized carbons (Fsp3) is 0.440. The Labute approximate surface area is 185 Å². The highest BCUT2D eigenvalue weighted by atomic mass is 32.2. The zero-order valence-corrected chi connectivity index (χ0v) is 19.8. The van der Waals surface area contributed by atoms with E-state index in [0.29, 0.717) is 12.3 Å². The third kappa shape index (κ3) is 7.52. The molecule has 1 N–H and O–H groups in total. The fourth-order valence-electron chi connectivity index (χ4n) is 3.49. The largest absolute Gasteiger partial charge is 0.352 e. The Hall–Kier alpha value is -2.27. The third-order valence-electron chi connectivity index (χ3n) is 4.81. The molecule has 2 aromatic carbocycles. The van der Waals surface area contributed by atoms with Gasteiger partial charge in [-0.2, -0.15) is 0 Å². The summed E-state index contributed by atoms with van der Waals surface area (Å²) in [5.41, 5.74) is 5.87. The molecular formula is C25H34N2O2S. The third-order valence-corrected chi connectivity index (χ3v) is 5.80. The molecule has 0 spiro atoms. The molecule has 0 radical (unpaired) electrons. The van der Waals surface area contributed by atoms with Crippen molar-refractivity contribution in [2.45, 2.75) is 65.9 Å². The summed E-state index contributed by atoms with van der Waals surface area (Å²) in [6.45, 7) is 12.3. The van der Waals surface area contributed by atoms with Gasteiger partial charge in [0.05, 0.1) is 5.75 Å². The van der Waals surface area contributed by atoms with Crippen molar-refractivity contribution >= 4 is 23.6 Å². The van der Waals surface area contributed by atoms with Crippen molar-refractivity contribution < 1.29 is 9.59 Å². The number of benzene rings is 2. The number of thioether (sulfide) groups is 1. The number of amides is 2. The first-order valence-electron chi connectivity index (χ1n) is 10.5. The van der Waals surface area contributed by atoms with E-state index >= 15 is 0 Å². The van der Waals surface area contributed by atoms with Gasteiger partial charge in [0.2, 0.25) is 11.8 Å². The molecule has 0 bridgehead atoms. The molecule has 0 saturated carbocycles. The zero-order chi connectivity index (χ0) is 22.3. The van der Waals surface area contributed by atoms with Gasteiger partial charge >= 0.3 is 0 Å². The Bertz CT molecular complexity index is 859. The minimum atomic E-state index is -0.526. The molecule has 0 aromatic heterocycles. The van der Waals surface area contributed by atoms with Gasteiger partial charge in [0, 0.05) is 18.3 Å². The molecule has 0 aliphatic heterocycles. The summed E-state index contributed by atoms with van der Waals surface area (Å²) in [5.74, 6) is 0.986. The average molecular weight is 427 g/mol. The van der Waals surface area contributed by atoms with Crippen molar-refractivity contribution in [3.05, 3.63) is 70.3 Å². The van der Waals surface area contributed by atoms with Gasteiger partial charge in [0.1, 0.15) is 6.04 Å². The van der Waals surface area contributed by atoms with E-state index in [2.05, 4.69) is 43.4 Å². The Balaban J connectivity index is 2.09. The predicted molar refractivity (Wildman–Crippen MR) is 127 cm³/mol. The molecule has 5 heteroatoms. The minimum absolute atomic E-state index is 0.0164. The molecule has 162 valence electrons. The van der Waals surface area contributed by atoms with Gasteiger partial charge in [0.15, 0.2) is 0 Å². The Morgan fingerprint density at radius 2 is 1.57 bits per heavy atom. The van der Waals surface area contributed by atoms with Crippen LogP contribution in [0.5, 0.6) is 0 Å². The molecule has 0 fully saturated rings. The zero-order valence-electron chi connectivity index (χ0n) is 19.0. The first-order chi connectivity index (χ1) is 14.2. The summed E-state index contributed by atoms with van der Waals surface area (Å²) >= 11 is 1.59. The maximum absolute atomic E-state index is 13.1. The summed E-state index contributed by atoms with van der Waals surface area (Å²) in [6.07, 6.45) is 0. The second-order valence-electron chi connectivity index (χ2n) is 8.34. The standard InChI is InChI=1S/C25H34N2O2S/c1-17(2)26-25(29)21(6)27(14-22-9-7-8-18(3)11-22)24(28)16-30-15-23-12-19(4)10-20(5)13-23/h7-13,17,21H,14-16H2,1-6H3,(H,26,29)/t21-/m0/s1. The highest BCUT2D eigenvalue weighted by Crippen LogP contribution is 2.18. The summed E-state index contributed by atoms with van der Waals surface area (Å²) in [5, 5.41) is 2.93. The van der Waals surface area contributed by atoms with Crippen LogP contribution in [-0.2, 0) is 21.9 Å². The maximum atomic E-state index is 13.1. The van der Waals surface area contributed by atoms with Crippen molar-refractivity contribution in [3.8, 4) is 0 Å². The molecule has 2 amide bonds. The second kappa shape index (κ2) is 11.2. The van der Waals surface area contributed by atoms with Crippen LogP contribution in [0.25, 0.3) is 0 Å². The van der Waals surface area contributed by atoms with Gasteiger partial charge in [-0.1, -0.05) is 59.2 Å². The molecule has 1 atom stereocenters. The first kappa shape index (κ1) is 24.0. The lowest BCUT2D eigenvalue weighted by Gasteiger charge is -2.29. The minimum Gasteiger partial charge on any atom is -0.352 e. The topological polar surface area (TPSA) is 49.4 Å². The van der Waals surface area contributed by atoms with Crippen LogP contribution in [-0.4, -0.2) is 34.6 Å². The maximum Gasteiger partial charge on any atom is 0.242 e. The Kier molecular flexibility index (Phi) is 8.97. The lowest BCUT2D eigenvalue weighted by atomic mass is 10.1. The number of nitrogens with one attached hydrogen (secondary N) is 1. The lowest BCUT2D eigenvalue weighted by Crippen LogP contribution is -2.49. The molecule has 0 aliphatic carbocycles. The monoisotopic (exact) mass is 426 g/mol. The van der Waals surface area contributed by atoms with Gasteiger partial charge in [-0.15, -0.1) is 11.8 Å². The van der Waals surface area contributed by atoms with Crippen molar-refractivity contribution in [1.82, 2.24) is 10.2 Å². The lowest BCUT2D eigenvalue weighted by molar-refractivity contribution is -0.138. The first-order valence-corrected chi connectivity index (χ1v) is 11.6. The van der Waals surface area contributed by atoms with Crippen LogP contribution in [0.1, 0.15) is 48.6 Å². The Morgan fingerprint density at radius 1 is 0.933 bits per heavy atom. The Morgan fingerprint density at radius 3 is 2.17 bits per heavy atom. The van der Waals surface area contributed by atoms with E-state index in [0.717, 1.165) is 16.9 Å². The van der Waals surface area contributed by atoms with E-state index in [1.165, 1.54) is 16.7 Å². The van der Waals surface area contributed by atoms with Crippen LogP contribution in [0.3, 0.4) is 0 Å². The number of aryl methyl sites for hydroxylation is 3. The number of rotatable bonds is 9. The number of nitrogens with zero attached hydrogens (tertiary/aromatic N) is 1. The van der Waals surface area contributed by atoms with Crippen molar-refractivity contribution in [1.29, 1.82) is 0 Å². The van der Waals surface area contributed by atoms with E-state index < -0.39 is 6.04 Å². The van der Waals surface area contributed by atoms with Gasteiger partial charge in [-0.25, -0.2) is 0 Å². The molecule has 0 unspecified atom stereocenters. The number of carbonyl (C=O) groups excluding carboxylic acids is 2. The highest BCUT2D eigenvalue weighted by molar-refractivity contribution is 7.99. The molecule has 0 aliphatic rings. The number of hydrogen-bond donors (Lipinski definition) is 1. The molecule has 0 saturated heterocycles. The number of hydrogen-bond acceptors (Lipinski definition) is 3. The SMILES string of the molecule is Cc1cc(C)cc(CSCC(=O)N(Cc2cccc(C)c2)[C@@H](C)C(=O)NC(C)C)c1. The molecular weight excluding hydrogens is 392 g/mol. The number of carbonyl (C=O) groups is 2. The van der Waals surface area contributed by atoms with Crippen LogP contribution < -0.4 is 5.32 Å². The molecule has 0 heterocycles. The van der Waals surface area contributed by atoms with Gasteiger partial charge in [-0.05, 0) is 52.7 Å². The molecule has 2 aromatic rings. The summed E-state index contributed by atoms with van der Waals surface area (Å²) in [7, 11) is 0. The molecule has 4 nitrogen and oxygen atoms in total. The van der Waals surface area contributed by atoms with Crippen molar-refractivity contribution in [2.75, 3.05) is 5.75 Å². The van der Waals surface area contributed by atoms with Gasteiger partial charge < -0.3 is 10.2 Å². The molecule has 2 rings (SSSR count). The smallest absolute Gasteiger partial charge is 0.242 e. The van der Waals surface area contributed by atoms with Crippen LogP contribution in [0.4, 0.5) is 0 Å². The second-order valence-corrected chi connectivity index (χ2v) is 9.32. The fourth-order valence-corrected chi connectivity index (χ4v) is 4.33. The van der Waals surface area contributed by atoms with Gasteiger partial charge in [-0.3, -0.25) is 9.59 Å². The highest BCUT2D eigenvalue weighted by Gasteiger charge is 2.26. The predicted octanol–water partition coefficient (Wildman–Crippen LogP) is 4.79. The summed E-state index contributed by atoms with van der Waals surface area (Å²) in [6, 6.07) is 14.1. The van der Waals surface area contributed by atoms with E-state index in [-0.39, 0.29) is 17.9 Å². The average Bonchev–Trinajstić information content (AvgIpc) is 2.64. The van der Waals surface area contributed by atoms with Crippen molar-refractivity contribution in [2.24, 2.45) is 0 Å². The van der Waals surface area contributed by atoms with Crippen LogP contribution in [0.2, 0.25) is 0 Å². The summed E-state index contributed by atoms with van der Waals surface area (Å²) in [4.78, 5) is 27.4. The van der Waals surface area contributed by atoms with Crippen LogP contribution >= 0.6 is 11.8 Å². The van der Waals surface area contributed by atoms with Crippen LogP contribution in [0, 0.1) is 20.8 Å². The van der Waals surface area contributed by atoms with Crippen molar-refractivity contribution in [3.63, 3.8) is 0 Å². The van der Waals surface area contributed by atoms with E-state index in [1.54, 1.807) is 23.6 Å². The normalized spacial score (nSPS) is 12.0. The summed E-state index contributed by atoms with van der Waals surface area (Å²) < 4.78 is 0. The van der Waals surface area contributed by atoms with Gasteiger partial charge in [0.25, 0.3) is 0 Å². The van der Waals surface area contributed by atoms with Crippen LogP contribution in [0.15, 0.2) is 42.5 Å².